The van der Waals surface area contributed by atoms with Crippen LogP contribution >= 0.6 is 0 Å². The van der Waals surface area contributed by atoms with E-state index in [1.54, 1.807) is 0 Å². The molecule has 0 aliphatic carbocycles. The number of rotatable bonds is 6. The Morgan fingerprint density at radius 3 is 2.50 bits per heavy atom. The zero-order chi connectivity index (χ0) is 13.6. The second-order valence-corrected chi connectivity index (χ2v) is 4.01. The Labute approximate surface area is 104 Å². The standard InChI is InChI=1S/C12H17F3N2O/c13-12(14,15)10-8-9(16)4-5-11(10)17-6-2-1-3-7-18/h4-5,8,17-18H,1-3,6-7,16H2. The molecule has 0 unspecified atom stereocenters. The zero-order valence-electron chi connectivity index (χ0n) is 9.93. The van der Waals surface area contributed by atoms with E-state index in [1.165, 1.54) is 12.1 Å². The van der Waals surface area contributed by atoms with Gasteiger partial charge < -0.3 is 16.2 Å². The lowest BCUT2D eigenvalue weighted by Gasteiger charge is -2.15. The van der Waals surface area contributed by atoms with Crippen LogP contribution in [0.15, 0.2) is 18.2 Å². The minimum atomic E-state index is -4.41. The summed E-state index contributed by atoms with van der Waals surface area (Å²) in [6, 6.07) is 3.70. The molecule has 3 nitrogen and oxygen atoms in total. The molecule has 0 aliphatic rings. The zero-order valence-corrected chi connectivity index (χ0v) is 9.93. The Balaban J connectivity index is 2.65. The summed E-state index contributed by atoms with van der Waals surface area (Å²) >= 11 is 0. The van der Waals surface area contributed by atoms with Gasteiger partial charge in [-0.1, -0.05) is 0 Å². The van der Waals surface area contributed by atoms with Gasteiger partial charge in [0.2, 0.25) is 0 Å². The van der Waals surface area contributed by atoms with Crippen molar-refractivity contribution in [3.05, 3.63) is 23.8 Å². The summed E-state index contributed by atoms with van der Waals surface area (Å²) in [5, 5.41) is 11.3. The van der Waals surface area contributed by atoms with E-state index >= 15 is 0 Å². The summed E-state index contributed by atoms with van der Waals surface area (Å²) in [7, 11) is 0. The smallest absolute Gasteiger partial charge is 0.399 e. The highest BCUT2D eigenvalue weighted by molar-refractivity contribution is 5.59. The fourth-order valence-electron chi connectivity index (χ4n) is 1.59. The van der Waals surface area contributed by atoms with Gasteiger partial charge in [0.1, 0.15) is 0 Å². The van der Waals surface area contributed by atoms with E-state index in [-0.39, 0.29) is 18.0 Å². The van der Waals surface area contributed by atoms with E-state index in [9.17, 15) is 13.2 Å². The van der Waals surface area contributed by atoms with Crippen LogP contribution in [0.1, 0.15) is 24.8 Å². The Kier molecular flexibility index (Phi) is 5.27. The van der Waals surface area contributed by atoms with Gasteiger partial charge in [-0.2, -0.15) is 13.2 Å². The third-order valence-electron chi connectivity index (χ3n) is 2.50. The van der Waals surface area contributed by atoms with Crippen LogP contribution in [0.3, 0.4) is 0 Å². The number of anilines is 2. The number of unbranched alkanes of at least 4 members (excludes halogenated alkanes) is 2. The van der Waals surface area contributed by atoms with Crippen LogP contribution in [0.25, 0.3) is 0 Å². The molecule has 0 spiro atoms. The molecule has 0 aromatic heterocycles. The van der Waals surface area contributed by atoms with Crippen LogP contribution in [0.5, 0.6) is 0 Å². The van der Waals surface area contributed by atoms with Crippen molar-refractivity contribution < 1.29 is 18.3 Å². The average Bonchev–Trinajstić information content (AvgIpc) is 2.29. The molecule has 0 radical (unpaired) electrons. The van der Waals surface area contributed by atoms with E-state index in [2.05, 4.69) is 5.32 Å². The largest absolute Gasteiger partial charge is 0.418 e. The lowest BCUT2D eigenvalue weighted by molar-refractivity contribution is -0.136. The van der Waals surface area contributed by atoms with Crippen LogP contribution in [0.2, 0.25) is 0 Å². The SMILES string of the molecule is Nc1ccc(NCCCCCO)c(C(F)(F)F)c1. The molecule has 18 heavy (non-hydrogen) atoms. The maximum Gasteiger partial charge on any atom is 0.418 e. The van der Waals surface area contributed by atoms with Crippen molar-refractivity contribution in [2.45, 2.75) is 25.4 Å². The Bertz CT molecular complexity index is 380. The Morgan fingerprint density at radius 2 is 1.89 bits per heavy atom. The fraction of sp³-hybridized carbons (Fsp3) is 0.500. The second-order valence-electron chi connectivity index (χ2n) is 4.01. The van der Waals surface area contributed by atoms with Gasteiger partial charge in [-0.3, -0.25) is 0 Å². The highest BCUT2D eigenvalue weighted by atomic mass is 19.4. The number of halogens is 3. The summed E-state index contributed by atoms with van der Waals surface area (Å²) in [6.45, 7) is 0.544. The molecule has 4 N–H and O–H groups in total. The molecule has 1 aromatic rings. The Hall–Kier alpha value is -1.43. The number of nitrogen functional groups attached to an aromatic ring is 1. The molecule has 0 bridgehead atoms. The lowest BCUT2D eigenvalue weighted by Crippen LogP contribution is -2.12. The molecule has 0 saturated carbocycles. The molecule has 0 heterocycles. The molecular formula is C12H17F3N2O. The molecule has 0 amide bonds. The number of nitrogens with two attached hydrogens (primary N) is 1. The third kappa shape index (κ3) is 4.44. The summed E-state index contributed by atoms with van der Waals surface area (Å²) in [5.41, 5.74) is 4.75. The summed E-state index contributed by atoms with van der Waals surface area (Å²) in [4.78, 5) is 0. The Morgan fingerprint density at radius 1 is 1.17 bits per heavy atom. The average molecular weight is 262 g/mol. The quantitative estimate of drug-likeness (QED) is 0.545. The highest BCUT2D eigenvalue weighted by Gasteiger charge is 2.33. The van der Waals surface area contributed by atoms with E-state index in [0.717, 1.165) is 12.5 Å². The predicted molar refractivity (Wildman–Crippen MR) is 65.3 cm³/mol. The van der Waals surface area contributed by atoms with E-state index < -0.39 is 11.7 Å². The van der Waals surface area contributed by atoms with Crippen molar-refractivity contribution >= 4 is 11.4 Å². The van der Waals surface area contributed by atoms with Gasteiger partial charge in [0.05, 0.1) is 5.56 Å². The van der Waals surface area contributed by atoms with Crippen molar-refractivity contribution in [2.24, 2.45) is 0 Å². The molecule has 1 aromatic carbocycles. The number of aliphatic hydroxyl groups is 1. The molecular weight excluding hydrogens is 245 g/mol. The van der Waals surface area contributed by atoms with Gasteiger partial charge in [0, 0.05) is 24.5 Å². The van der Waals surface area contributed by atoms with Crippen molar-refractivity contribution in [1.29, 1.82) is 0 Å². The number of benzene rings is 1. The molecule has 0 aliphatic heterocycles. The van der Waals surface area contributed by atoms with E-state index in [4.69, 9.17) is 10.8 Å². The van der Waals surface area contributed by atoms with E-state index in [1.807, 2.05) is 0 Å². The summed E-state index contributed by atoms with van der Waals surface area (Å²) in [6.07, 6.45) is -2.26. The molecule has 0 atom stereocenters. The maximum atomic E-state index is 12.7. The van der Waals surface area contributed by atoms with Gasteiger partial charge >= 0.3 is 6.18 Å². The van der Waals surface area contributed by atoms with Gasteiger partial charge in [0.25, 0.3) is 0 Å². The molecule has 1 rings (SSSR count). The molecule has 0 fully saturated rings. The van der Waals surface area contributed by atoms with Crippen molar-refractivity contribution in [3.63, 3.8) is 0 Å². The topological polar surface area (TPSA) is 58.3 Å². The second kappa shape index (κ2) is 6.49. The lowest BCUT2D eigenvalue weighted by atomic mass is 10.1. The van der Waals surface area contributed by atoms with Crippen molar-refractivity contribution in [3.8, 4) is 0 Å². The molecule has 102 valence electrons. The van der Waals surface area contributed by atoms with Crippen LogP contribution < -0.4 is 11.1 Å². The first-order valence-corrected chi connectivity index (χ1v) is 5.76. The summed E-state index contributed by atoms with van der Waals surface area (Å²) < 4.78 is 38.2. The number of nitrogens with one attached hydrogen (secondary N) is 1. The van der Waals surface area contributed by atoms with Gasteiger partial charge in [-0.15, -0.1) is 0 Å². The maximum absolute atomic E-state index is 12.7. The van der Waals surface area contributed by atoms with Gasteiger partial charge in [-0.05, 0) is 37.5 Å². The van der Waals surface area contributed by atoms with Crippen LogP contribution in [0, 0.1) is 0 Å². The first kappa shape index (κ1) is 14.6. The monoisotopic (exact) mass is 262 g/mol. The first-order chi connectivity index (χ1) is 8.45. The van der Waals surface area contributed by atoms with Crippen LogP contribution in [-0.2, 0) is 6.18 Å². The first-order valence-electron chi connectivity index (χ1n) is 5.76. The molecule has 6 heteroatoms. The predicted octanol–water partition coefficient (Wildman–Crippen LogP) is 2.86. The van der Waals surface area contributed by atoms with E-state index in [0.29, 0.717) is 19.4 Å². The number of aliphatic hydroxyl groups excluding tert-OH is 1. The van der Waals surface area contributed by atoms with Crippen LogP contribution in [-0.4, -0.2) is 18.3 Å². The highest BCUT2D eigenvalue weighted by Crippen LogP contribution is 2.35. The number of alkyl halides is 3. The van der Waals surface area contributed by atoms with Crippen molar-refractivity contribution in [1.82, 2.24) is 0 Å². The normalized spacial score (nSPS) is 11.6. The minimum absolute atomic E-state index is 0.0423. The summed E-state index contributed by atoms with van der Waals surface area (Å²) in [5.74, 6) is 0. The minimum Gasteiger partial charge on any atom is -0.399 e. The van der Waals surface area contributed by atoms with Crippen molar-refractivity contribution in [2.75, 3.05) is 24.2 Å². The van der Waals surface area contributed by atoms with Gasteiger partial charge in [0.15, 0.2) is 0 Å². The number of hydrogen-bond acceptors (Lipinski definition) is 3. The van der Waals surface area contributed by atoms with Gasteiger partial charge in [-0.25, -0.2) is 0 Å². The van der Waals surface area contributed by atoms with Crippen LogP contribution in [0.4, 0.5) is 24.5 Å². The third-order valence-corrected chi connectivity index (χ3v) is 2.50. The molecule has 0 saturated heterocycles. The fourth-order valence-corrected chi connectivity index (χ4v) is 1.59. The number of hydrogen-bond donors (Lipinski definition) is 3.